The van der Waals surface area contributed by atoms with Gasteiger partial charge in [-0.05, 0) is 42.7 Å². The lowest BCUT2D eigenvalue weighted by Gasteiger charge is -2.17. The summed E-state index contributed by atoms with van der Waals surface area (Å²) < 4.78 is 27.1. The summed E-state index contributed by atoms with van der Waals surface area (Å²) in [7, 11) is 0. The van der Waals surface area contributed by atoms with Crippen molar-refractivity contribution < 1.29 is 13.6 Å². The average Bonchev–Trinajstić information content (AvgIpc) is 3.01. The van der Waals surface area contributed by atoms with Gasteiger partial charge in [0.05, 0.1) is 0 Å². The molecule has 0 unspecified atom stereocenters. The van der Waals surface area contributed by atoms with Crippen molar-refractivity contribution in [1.82, 2.24) is 10.2 Å². The van der Waals surface area contributed by atoms with Crippen molar-refractivity contribution in [2.45, 2.75) is 38.9 Å². The van der Waals surface area contributed by atoms with E-state index in [1.54, 1.807) is 0 Å². The van der Waals surface area contributed by atoms with Gasteiger partial charge in [0.15, 0.2) is 0 Å². The number of halogens is 2. The smallest absolute Gasteiger partial charge is 0.222 e. The van der Waals surface area contributed by atoms with E-state index in [0.717, 1.165) is 36.2 Å². The van der Waals surface area contributed by atoms with Gasteiger partial charge in [-0.15, -0.1) is 0 Å². The van der Waals surface area contributed by atoms with Gasteiger partial charge >= 0.3 is 0 Å². The zero-order valence-corrected chi connectivity index (χ0v) is 14.3. The Bertz CT molecular complexity index is 746. The van der Waals surface area contributed by atoms with E-state index in [0.29, 0.717) is 25.1 Å². The molecule has 3 rings (SSSR count). The molecule has 2 aromatic rings. The van der Waals surface area contributed by atoms with E-state index < -0.39 is 11.6 Å². The monoisotopic (exact) mass is 344 g/mol. The van der Waals surface area contributed by atoms with Crippen molar-refractivity contribution in [2.75, 3.05) is 6.54 Å². The zero-order valence-electron chi connectivity index (χ0n) is 14.3. The summed E-state index contributed by atoms with van der Waals surface area (Å²) in [5.74, 6) is -0.630. The van der Waals surface area contributed by atoms with Gasteiger partial charge in [0.25, 0.3) is 0 Å². The molecule has 0 aromatic heterocycles. The van der Waals surface area contributed by atoms with Crippen LogP contribution in [0.2, 0.25) is 0 Å². The largest absolute Gasteiger partial charge is 0.338 e. The summed E-state index contributed by atoms with van der Waals surface area (Å²) in [6, 6.07) is 11.2. The minimum atomic E-state index is -0.439. The summed E-state index contributed by atoms with van der Waals surface area (Å²) >= 11 is 0. The number of nitrogens with one attached hydrogen (secondary N) is 1. The van der Waals surface area contributed by atoms with Gasteiger partial charge in [-0.3, -0.25) is 4.79 Å². The van der Waals surface area contributed by atoms with Crippen molar-refractivity contribution in [1.29, 1.82) is 0 Å². The minimum absolute atomic E-state index is 0.219. The predicted octanol–water partition coefficient (Wildman–Crippen LogP) is 3.94. The molecule has 1 atom stereocenters. The fourth-order valence-corrected chi connectivity index (χ4v) is 3.08. The molecule has 0 spiro atoms. The number of amides is 1. The Morgan fingerprint density at radius 3 is 2.52 bits per heavy atom. The van der Waals surface area contributed by atoms with Crippen LogP contribution in [0.25, 0.3) is 0 Å². The van der Waals surface area contributed by atoms with Crippen molar-refractivity contribution in [2.24, 2.45) is 0 Å². The first-order valence-electron chi connectivity index (χ1n) is 8.57. The molecule has 3 nitrogen and oxygen atoms in total. The molecule has 1 N–H and O–H groups in total. The van der Waals surface area contributed by atoms with E-state index in [1.165, 1.54) is 6.07 Å². The fraction of sp³-hybridized carbons (Fsp3) is 0.350. The Hall–Kier alpha value is -2.27. The van der Waals surface area contributed by atoms with Crippen LogP contribution < -0.4 is 5.32 Å². The summed E-state index contributed by atoms with van der Waals surface area (Å²) in [5, 5.41) is 3.21. The lowest BCUT2D eigenvalue weighted by atomic mass is 10.1. The number of carbonyl (C=O) groups excluding carboxylic acids is 1. The molecule has 5 heteroatoms. The third-order valence-corrected chi connectivity index (χ3v) is 4.60. The zero-order chi connectivity index (χ0) is 17.8. The van der Waals surface area contributed by atoms with E-state index in [2.05, 4.69) is 5.32 Å². The van der Waals surface area contributed by atoms with Crippen LogP contribution in [-0.2, 0) is 17.9 Å². The number of hydrogen-bond donors (Lipinski definition) is 1. The molecule has 0 saturated carbocycles. The lowest BCUT2D eigenvalue weighted by molar-refractivity contribution is -0.128. The Labute approximate surface area is 146 Å². The molecule has 1 aliphatic heterocycles. The first-order chi connectivity index (χ1) is 12.0. The highest BCUT2D eigenvalue weighted by atomic mass is 19.1. The SMILES string of the molecule is C[C@@H](NCc1ccc(CN2CCCC2=O)cc1)c1cc(F)ccc1F. The van der Waals surface area contributed by atoms with Gasteiger partial charge in [-0.25, -0.2) is 8.78 Å². The van der Waals surface area contributed by atoms with Gasteiger partial charge in [-0.1, -0.05) is 24.3 Å². The van der Waals surface area contributed by atoms with Crippen LogP contribution in [0.15, 0.2) is 42.5 Å². The Morgan fingerprint density at radius 1 is 1.12 bits per heavy atom. The second kappa shape index (κ2) is 7.74. The first-order valence-corrected chi connectivity index (χ1v) is 8.57. The highest BCUT2D eigenvalue weighted by Gasteiger charge is 2.19. The molecule has 1 saturated heterocycles. The van der Waals surface area contributed by atoms with Crippen LogP contribution in [-0.4, -0.2) is 17.4 Å². The van der Waals surface area contributed by atoms with Gasteiger partial charge in [0.1, 0.15) is 11.6 Å². The van der Waals surface area contributed by atoms with Crippen molar-refractivity contribution >= 4 is 5.91 Å². The average molecular weight is 344 g/mol. The van der Waals surface area contributed by atoms with Crippen LogP contribution in [0, 0.1) is 11.6 Å². The highest BCUT2D eigenvalue weighted by Crippen LogP contribution is 2.19. The van der Waals surface area contributed by atoms with E-state index in [9.17, 15) is 13.6 Å². The molecule has 0 bridgehead atoms. The Kier molecular flexibility index (Phi) is 5.43. The molecule has 1 fully saturated rings. The van der Waals surface area contributed by atoms with E-state index in [1.807, 2.05) is 36.1 Å². The third kappa shape index (κ3) is 4.42. The van der Waals surface area contributed by atoms with Gasteiger partial charge < -0.3 is 10.2 Å². The van der Waals surface area contributed by atoms with Crippen LogP contribution in [0.4, 0.5) is 8.78 Å². The predicted molar refractivity (Wildman–Crippen MR) is 92.7 cm³/mol. The van der Waals surface area contributed by atoms with Crippen LogP contribution in [0.5, 0.6) is 0 Å². The summed E-state index contributed by atoms with van der Waals surface area (Å²) in [4.78, 5) is 13.5. The third-order valence-electron chi connectivity index (χ3n) is 4.60. The molecular formula is C20H22F2N2O. The molecule has 25 heavy (non-hydrogen) atoms. The molecule has 0 aliphatic carbocycles. The van der Waals surface area contributed by atoms with Gasteiger partial charge in [0.2, 0.25) is 5.91 Å². The first kappa shape index (κ1) is 17.5. The van der Waals surface area contributed by atoms with Crippen molar-refractivity contribution in [3.05, 3.63) is 70.8 Å². The van der Waals surface area contributed by atoms with Crippen molar-refractivity contribution in [3.8, 4) is 0 Å². The van der Waals surface area contributed by atoms with Crippen LogP contribution in [0.3, 0.4) is 0 Å². The standard InChI is InChI=1S/C20H22F2N2O/c1-14(18-11-17(21)8-9-19(18)22)23-12-15-4-6-16(7-5-15)13-24-10-2-3-20(24)25/h4-9,11,14,23H,2-3,10,12-13H2,1H3/t14-/m1/s1. The summed E-state index contributed by atoms with van der Waals surface area (Å²) in [6.07, 6.45) is 1.59. The number of likely N-dealkylation sites (tertiary alicyclic amines) is 1. The van der Waals surface area contributed by atoms with Gasteiger partial charge in [-0.2, -0.15) is 0 Å². The molecular weight excluding hydrogens is 322 g/mol. The van der Waals surface area contributed by atoms with Crippen molar-refractivity contribution in [3.63, 3.8) is 0 Å². The topological polar surface area (TPSA) is 32.3 Å². The molecule has 1 aliphatic rings. The molecule has 132 valence electrons. The number of benzene rings is 2. The second-order valence-corrected chi connectivity index (χ2v) is 6.50. The molecule has 0 radical (unpaired) electrons. The summed E-state index contributed by atoms with van der Waals surface area (Å²) in [5.41, 5.74) is 2.48. The molecule has 1 amide bonds. The maximum Gasteiger partial charge on any atom is 0.222 e. The van der Waals surface area contributed by atoms with Crippen LogP contribution >= 0.6 is 0 Å². The van der Waals surface area contributed by atoms with E-state index >= 15 is 0 Å². The Morgan fingerprint density at radius 2 is 1.84 bits per heavy atom. The number of hydrogen-bond acceptors (Lipinski definition) is 2. The maximum atomic E-state index is 13.8. The number of carbonyl (C=O) groups is 1. The lowest BCUT2D eigenvalue weighted by Crippen LogP contribution is -2.23. The molecule has 1 heterocycles. The normalized spacial score (nSPS) is 15.6. The van der Waals surface area contributed by atoms with E-state index in [4.69, 9.17) is 0 Å². The quantitative estimate of drug-likeness (QED) is 0.861. The molecule has 2 aromatic carbocycles. The maximum absolute atomic E-state index is 13.8. The number of nitrogens with zero attached hydrogens (tertiary/aromatic N) is 1. The Balaban J connectivity index is 1.56. The van der Waals surface area contributed by atoms with Gasteiger partial charge in [0, 0.05) is 37.7 Å². The van der Waals surface area contributed by atoms with E-state index in [-0.39, 0.29) is 11.9 Å². The fourth-order valence-electron chi connectivity index (χ4n) is 3.08. The highest BCUT2D eigenvalue weighted by molar-refractivity contribution is 5.78. The number of rotatable bonds is 6. The summed E-state index contributed by atoms with van der Waals surface area (Å²) in [6.45, 7) is 3.85. The van der Waals surface area contributed by atoms with Crippen LogP contribution in [0.1, 0.15) is 42.5 Å². The second-order valence-electron chi connectivity index (χ2n) is 6.50. The minimum Gasteiger partial charge on any atom is -0.338 e.